The minimum absolute atomic E-state index is 0.143. The molecule has 96 valence electrons. The molecule has 2 rings (SSSR count). The van der Waals surface area contributed by atoms with Gasteiger partial charge in [-0.3, -0.25) is 4.68 Å². The van der Waals surface area contributed by atoms with E-state index in [1.165, 1.54) is 11.3 Å². The second-order valence-corrected chi connectivity index (χ2v) is 5.11. The summed E-state index contributed by atoms with van der Waals surface area (Å²) in [5.41, 5.74) is 9.29. The van der Waals surface area contributed by atoms with E-state index in [-0.39, 0.29) is 6.04 Å². The average Bonchev–Trinajstić information content (AvgIpc) is 2.73. The first-order valence-corrected chi connectivity index (χ1v) is 6.47. The summed E-state index contributed by atoms with van der Waals surface area (Å²) < 4.78 is 2.08. The molecule has 0 amide bonds. The van der Waals surface area contributed by atoms with Gasteiger partial charge in [-0.05, 0) is 32.4 Å². The number of hydrogen-bond donors (Lipinski definition) is 1. The molecule has 0 aliphatic heterocycles. The minimum Gasteiger partial charge on any atom is -0.328 e. The van der Waals surface area contributed by atoms with Crippen molar-refractivity contribution in [2.24, 2.45) is 5.73 Å². The van der Waals surface area contributed by atoms with Gasteiger partial charge in [0.1, 0.15) is 0 Å². The molecule has 2 N–H and O–H groups in total. The zero-order valence-corrected chi connectivity index (χ0v) is 11.3. The molecule has 0 saturated carbocycles. The number of hydrogen-bond acceptors (Lipinski definition) is 2. The first-order chi connectivity index (χ1) is 8.58. The molecule has 1 aromatic carbocycles. The van der Waals surface area contributed by atoms with Gasteiger partial charge < -0.3 is 5.73 Å². The van der Waals surface area contributed by atoms with E-state index in [9.17, 15) is 0 Å². The van der Waals surface area contributed by atoms with E-state index in [4.69, 9.17) is 5.73 Å². The van der Waals surface area contributed by atoms with Crippen molar-refractivity contribution < 1.29 is 0 Å². The van der Waals surface area contributed by atoms with Crippen LogP contribution in [-0.2, 0) is 6.42 Å². The van der Waals surface area contributed by atoms with Crippen LogP contribution in [-0.4, -0.2) is 15.8 Å². The fourth-order valence-corrected chi connectivity index (χ4v) is 2.09. The Bertz CT molecular complexity index is 498. The van der Waals surface area contributed by atoms with Crippen LogP contribution in [0.2, 0.25) is 0 Å². The van der Waals surface area contributed by atoms with Gasteiger partial charge in [0.2, 0.25) is 0 Å². The first kappa shape index (κ1) is 12.8. The minimum atomic E-state index is 0.143. The molecule has 0 fully saturated rings. The number of benzene rings is 1. The van der Waals surface area contributed by atoms with Crippen molar-refractivity contribution >= 4 is 0 Å². The van der Waals surface area contributed by atoms with Gasteiger partial charge in [-0.1, -0.05) is 30.3 Å². The molecule has 1 heterocycles. The normalized spacial score (nSPS) is 12.9. The second kappa shape index (κ2) is 5.36. The first-order valence-electron chi connectivity index (χ1n) is 6.47. The average molecular weight is 243 g/mol. The molecule has 1 unspecified atom stereocenters. The van der Waals surface area contributed by atoms with Gasteiger partial charge in [0.15, 0.2) is 0 Å². The quantitative estimate of drug-likeness (QED) is 0.897. The summed E-state index contributed by atoms with van der Waals surface area (Å²) in [5.74, 6) is 0. The lowest BCUT2D eigenvalue weighted by atomic mass is 10.1. The Labute approximate surface area is 109 Å². The van der Waals surface area contributed by atoms with E-state index in [1.54, 1.807) is 0 Å². The lowest BCUT2D eigenvalue weighted by Crippen LogP contribution is -2.18. The van der Waals surface area contributed by atoms with Crippen molar-refractivity contribution in [1.29, 1.82) is 0 Å². The van der Waals surface area contributed by atoms with Gasteiger partial charge in [0.25, 0.3) is 0 Å². The maximum atomic E-state index is 5.85. The highest BCUT2D eigenvalue weighted by molar-refractivity contribution is 5.60. The van der Waals surface area contributed by atoms with Gasteiger partial charge in [-0.15, -0.1) is 0 Å². The molecule has 0 aliphatic carbocycles. The molecule has 3 nitrogen and oxygen atoms in total. The van der Waals surface area contributed by atoms with Crippen LogP contribution in [0.25, 0.3) is 11.3 Å². The fourth-order valence-electron chi connectivity index (χ4n) is 2.09. The van der Waals surface area contributed by atoms with Gasteiger partial charge in [-0.25, -0.2) is 0 Å². The monoisotopic (exact) mass is 243 g/mol. The van der Waals surface area contributed by atoms with Crippen molar-refractivity contribution in [3.05, 3.63) is 42.1 Å². The van der Waals surface area contributed by atoms with Crippen molar-refractivity contribution in [2.45, 2.75) is 39.3 Å². The lowest BCUT2D eigenvalue weighted by molar-refractivity contribution is 0.529. The Morgan fingerprint density at radius 3 is 2.39 bits per heavy atom. The van der Waals surface area contributed by atoms with Crippen LogP contribution in [0.5, 0.6) is 0 Å². The molecule has 1 atom stereocenters. The summed E-state index contributed by atoms with van der Waals surface area (Å²) >= 11 is 0. The highest BCUT2D eigenvalue weighted by Crippen LogP contribution is 2.23. The largest absolute Gasteiger partial charge is 0.328 e. The van der Waals surface area contributed by atoms with Crippen LogP contribution >= 0.6 is 0 Å². The highest BCUT2D eigenvalue weighted by Gasteiger charge is 2.12. The number of aromatic nitrogens is 2. The molecule has 2 aromatic rings. The van der Waals surface area contributed by atoms with E-state index >= 15 is 0 Å². The van der Waals surface area contributed by atoms with E-state index in [2.05, 4.69) is 54.0 Å². The maximum absolute atomic E-state index is 5.85. The molecule has 0 aliphatic rings. The molecule has 0 saturated heterocycles. The Morgan fingerprint density at radius 1 is 1.17 bits per heavy atom. The van der Waals surface area contributed by atoms with Crippen LogP contribution < -0.4 is 5.73 Å². The Kier molecular flexibility index (Phi) is 3.82. The Morgan fingerprint density at radius 2 is 1.83 bits per heavy atom. The lowest BCUT2D eigenvalue weighted by Gasteiger charge is -2.10. The van der Waals surface area contributed by atoms with Gasteiger partial charge in [0, 0.05) is 18.5 Å². The maximum Gasteiger partial charge on any atom is 0.0688 e. The van der Waals surface area contributed by atoms with Gasteiger partial charge >= 0.3 is 0 Å². The smallest absolute Gasteiger partial charge is 0.0688 e. The molecular formula is C15H21N3. The van der Waals surface area contributed by atoms with E-state index in [0.29, 0.717) is 6.04 Å². The molecule has 0 radical (unpaired) electrons. The van der Waals surface area contributed by atoms with E-state index in [1.807, 2.05) is 13.0 Å². The Hall–Kier alpha value is -1.61. The van der Waals surface area contributed by atoms with Crippen molar-refractivity contribution in [1.82, 2.24) is 9.78 Å². The van der Waals surface area contributed by atoms with Crippen LogP contribution in [0.3, 0.4) is 0 Å². The third kappa shape index (κ3) is 2.79. The van der Waals surface area contributed by atoms with Crippen molar-refractivity contribution in [3.8, 4) is 11.3 Å². The molecule has 18 heavy (non-hydrogen) atoms. The zero-order chi connectivity index (χ0) is 13.1. The highest BCUT2D eigenvalue weighted by atomic mass is 15.3. The van der Waals surface area contributed by atoms with Crippen LogP contribution in [0.4, 0.5) is 0 Å². The molecule has 0 spiro atoms. The predicted molar refractivity (Wildman–Crippen MR) is 75.4 cm³/mol. The summed E-state index contributed by atoms with van der Waals surface area (Å²) in [4.78, 5) is 0. The third-order valence-corrected chi connectivity index (χ3v) is 2.88. The number of nitrogens with two attached hydrogens (primary N) is 1. The summed E-state index contributed by atoms with van der Waals surface area (Å²) in [5, 5.41) is 4.66. The van der Waals surface area contributed by atoms with Crippen LogP contribution in [0, 0.1) is 0 Å². The van der Waals surface area contributed by atoms with Crippen LogP contribution in [0.1, 0.15) is 32.5 Å². The summed E-state index contributed by atoms with van der Waals surface area (Å²) in [6, 6.07) is 13.0. The predicted octanol–water partition coefficient (Wildman–Crippen LogP) is 3.02. The number of rotatable bonds is 4. The summed E-state index contributed by atoms with van der Waals surface area (Å²) in [7, 11) is 0. The SMILES string of the molecule is CC(N)Cc1cc(-c2ccccc2)n(C(C)C)n1. The summed E-state index contributed by atoms with van der Waals surface area (Å²) in [6.45, 7) is 6.31. The van der Waals surface area contributed by atoms with Gasteiger partial charge in [-0.2, -0.15) is 5.10 Å². The Balaban J connectivity index is 2.42. The van der Waals surface area contributed by atoms with E-state index in [0.717, 1.165) is 12.1 Å². The molecule has 3 heteroatoms. The van der Waals surface area contributed by atoms with E-state index < -0.39 is 0 Å². The molecule has 0 bridgehead atoms. The van der Waals surface area contributed by atoms with Gasteiger partial charge in [0.05, 0.1) is 11.4 Å². The molecule has 1 aromatic heterocycles. The standard InChI is InChI=1S/C15H21N3/c1-11(2)18-15(13-7-5-4-6-8-13)10-14(17-18)9-12(3)16/h4-8,10-12H,9,16H2,1-3H3. The fraction of sp³-hybridized carbons (Fsp3) is 0.400. The second-order valence-electron chi connectivity index (χ2n) is 5.11. The zero-order valence-electron chi connectivity index (χ0n) is 11.3. The van der Waals surface area contributed by atoms with Crippen LogP contribution in [0.15, 0.2) is 36.4 Å². The summed E-state index contributed by atoms with van der Waals surface area (Å²) in [6.07, 6.45) is 0.819. The van der Waals surface area contributed by atoms with Crippen molar-refractivity contribution in [2.75, 3.05) is 0 Å². The topological polar surface area (TPSA) is 43.8 Å². The molecular weight excluding hydrogens is 222 g/mol. The number of nitrogens with zero attached hydrogens (tertiary/aromatic N) is 2. The van der Waals surface area contributed by atoms with Crippen molar-refractivity contribution in [3.63, 3.8) is 0 Å². The third-order valence-electron chi connectivity index (χ3n) is 2.88.